The van der Waals surface area contributed by atoms with Gasteiger partial charge in [0.05, 0.1) is 6.20 Å². The van der Waals surface area contributed by atoms with Gasteiger partial charge >= 0.3 is 6.61 Å². The van der Waals surface area contributed by atoms with Crippen LogP contribution in [0.1, 0.15) is 16.9 Å². The van der Waals surface area contributed by atoms with E-state index in [0.29, 0.717) is 5.70 Å². The molecule has 0 spiro atoms. The van der Waals surface area contributed by atoms with Gasteiger partial charge in [-0.05, 0) is 30.7 Å². The Morgan fingerprint density at radius 1 is 1.35 bits per heavy atom. The average Bonchev–Trinajstić information content (AvgIpc) is 2.41. The van der Waals surface area contributed by atoms with Crippen LogP contribution in [0.3, 0.4) is 0 Å². The predicted octanol–water partition coefficient (Wildman–Crippen LogP) is 2.76. The van der Waals surface area contributed by atoms with E-state index in [0.717, 1.165) is 6.20 Å². The van der Waals surface area contributed by atoms with Gasteiger partial charge in [0.1, 0.15) is 17.3 Å². The molecular formula is C13H10F3N2O2. The Morgan fingerprint density at radius 3 is 2.70 bits per heavy atom. The molecule has 20 heavy (non-hydrogen) atoms. The number of ether oxygens (including phenoxy) is 1. The number of hydrogen-bond acceptors (Lipinski definition) is 3. The predicted molar refractivity (Wildman–Crippen MR) is 64.5 cm³/mol. The topological polar surface area (TPSA) is 51.2 Å². The first-order valence-electron chi connectivity index (χ1n) is 5.66. The Bertz CT molecular complexity index is 553. The van der Waals surface area contributed by atoms with Gasteiger partial charge in [-0.3, -0.25) is 4.79 Å². The molecule has 7 heteroatoms. The summed E-state index contributed by atoms with van der Waals surface area (Å²) in [5.74, 6) is -1.01. The van der Waals surface area contributed by atoms with Crippen LogP contribution in [-0.2, 0) is 0 Å². The third-order valence-electron chi connectivity index (χ3n) is 2.43. The summed E-state index contributed by atoms with van der Waals surface area (Å²) in [4.78, 5) is 15.5. The van der Waals surface area contributed by atoms with Crippen molar-refractivity contribution in [1.29, 1.82) is 0 Å². The molecule has 1 heterocycles. The van der Waals surface area contributed by atoms with Gasteiger partial charge in [-0.1, -0.05) is 0 Å². The molecule has 0 bridgehead atoms. The zero-order chi connectivity index (χ0) is 14.5. The van der Waals surface area contributed by atoms with E-state index in [1.165, 1.54) is 30.7 Å². The van der Waals surface area contributed by atoms with Crippen molar-refractivity contribution in [2.75, 3.05) is 0 Å². The van der Waals surface area contributed by atoms with Gasteiger partial charge in [0, 0.05) is 12.1 Å². The molecule has 0 fully saturated rings. The molecule has 0 aliphatic heterocycles. The molecule has 1 aliphatic rings. The number of carbonyl (C=O) groups excluding carboxylic acids is 1. The summed E-state index contributed by atoms with van der Waals surface area (Å²) in [6.07, 6.45) is 5.29. The number of hydrogen-bond donors (Lipinski definition) is 1. The Labute approximate surface area is 113 Å². The molecule has 1 aromatic heterocycles. The molecule has 0 unspecified atom stereocenters. The largest absolute Gasteiger partial charge is 0.433 e. The molecule has 0 saturated carbocycles. The van der Waals surface area contributed by atoms with E-state index < -0.39 is 12.5 Å². The van der Waals surface area contributed by atoms with Crippen LogP contribution in [-0.4, -0.2) is 17.5 Å². The lowest BCUT2D eigenvalue weighted by Gasteiger charge is -2.11. The lowest BCUT2D eigenvalue weighted by atomic mass is 10.1. The van der Waals surface area contributed by atoms with Gasteiger partial charge in [-0.2, -0.15) is 8.78 Å². The maximum Gasteiger partial charge on any atom is 0.387 e. The van der Waals surface area contributed by atoms with Gasteiger partial charge in [-0.15, -0.1) is 0 Å². The van der Waals surface area contributed by atoms with Crippen molar-refractivity contribution >= 4 is 5.91 Å². The number of rotatable bonds is 4. The van der Waals surface area contributed by atoms with Crippen LogP contribution in [0.15, 0.2) is 42.0 Å². The van der Waals surface area contributed by atoms with Crippen LogP contribution in [0.2, 0.25) is 0 Å². The number of amides is 1. The summed E-state index contributed by atoms with van der Waals surface area (Å²) < 4.78 is 40.7. The monoisotopic (exact) mass is 283 g/mol. The SMILES string of the molecule is O=C(NC1=CC=C(F)[CH]C1)c1ccc(OC(F)F)cn1. The van der Waals surface area contributed by atoms with Gasteiger partial charge in [0.2, 0.25) is 0 Å². The summed E-state index contributed by atoms with van der Waals surface area (Å²) in [6, 6.07) is 2.48. The van der Waals surface area contributed by atoms with Gasteiger partial charge in [-0.25, -0.2) is 9.37 Å². The number of aromatic nitrogens is 1. The van der Waals surface area contributed by atoms with Crippen molar-refractivity contribution in [2.45, 2.75) is 13.0 Å². The van der Waals surface area contributed by atoms with Crippen LogP contribution in [0.4, 0.5) is 13.2 Å². The first kappa shape index (κ1) is 14.1. The fourth-order valence-corrected chi connectivity index (χ4v) is 1.51. The van der Waals surface area contributed by atoms with Crippen molar-refractivity contribution in [1.82, 2.24) is 10.3 Å². The molecule has 4 nitrogen and oxygen atoms in total. The number of alkyl halides is 2. The van der Waals surface area contributed by atoms with E-state index in [-0.39, 0.29) is 23.7 Å². The van der Waals surface area contributed by atoms with E-state index in [1.807, 2.05) is 0 Å². The zero-order valence-corrected chi connectivity index (χ0v) is 10.1. The fourth-order valence-electron chi connectivity index (χ4n) is 1.51. The summed E-state index contributed by atoms with van der Waals surface area (Å²) in [7, 11) is 0. The highest BCUT2D eigenvalue weighted by molar-refractivity contribution is 5.93. The lowest BCUT2D eigenvalue weighted by molar-refractivity contribution is -0.0500. The maximum atomic E-state index is 12.7. The highest BCUT2D eigenvalue weighted by Gasteiger charge is 2.13. The Kier molecular flexibility index (Phi) is 4.39. The summed E-state index contributed by atoms with van der Waals surface area (Å²) in [5.41, 5.74) is 0.564. The number of nitrogens with one attached hydrogen (secondary N) is 1. The number of allylic oxidation sites excluding steroid dienone is 4. The first-order chi connectivity index (χ1) is 9.54. The molecule has 1 aromatic rings. The van der Waals surface area contributed by atoms with E-state index in [1.54, 1.807) is 0 Å². The number of pyridine rings is 1. The first-order valence-corrected chi connectivity index (χ1v) is 5.66. The Hall–Kier alpha value is -2.31. The zero-order valence-electron chi connectivity index (χ0n) is 10.1. The van der Waals surface area contributed by atoms with E-state index in [9.17, 15) is 18.0 Å². The molecule has 1 N–H and O–H groups in total. The maximum absolute atomic E-state index is 12.7. The van der Waals surface area contributed by atoms with E-state index in [4.69, 9.17) is 0 Å². The Morgan fingerprint density at radius 2 is 2.15 bits per heavy atom. The molecule has 105 valence electrons. The minimum absolute atomic E-state index is 0.0440. The third-order valence-corrected chi connectivity index (χ3v) is 2.43. The van der Waals surface area contributed by atoms with Crippen LogP contribution in [0.25, 0.3) is 0 Å². The second-order valence-electron chi connectivity index (χ2n) is 3.86. The molecule has 1 aliphatic carbocycles. The Balaban J connectivity index is 1.99. The molecule has 2 rings (SSSR count). The lowest BCUT2D eigenvalue weighted by Crippen LogP contribution is -2.24. The highest BCUT2D eigenvalue weighted by Crippen LogP contribution is 2.17. The van der Waals surface area contributed by atoms with Gasteiger partial charge in [0.25, 0.3) is 5.91 Å². The van der Waals surface area contributed by atoms with Crippen LogP contribution < -0.4 is 10.1 Å². The number of carbonyl (C=O) groups is 1. The second-order valence-corrected chi connectivity index (χ2v) is 3.86. The molecule has 0 saturated heterocycles. The van der Waals surface area contributed by atoms with Crippen molar-refractivity contribution in [3.63, 3.8) is 0 Å². The van der Waals surface area contributed by atoms with Crippen molar-refractivity contribution in [2.24, 2.45) is 0 Å². The van der Waals surface area contributed by atoms with Crippen LogP contribution in [0.5, 0.6) is 5.75 Å². The second kappa shape index (κ2) is 6.23. The molecular weight excluding hydrogens is 273 g/mol. The standard InChI is InChI=1S/C13H10F3N2O2/c14-8-1-3-9(4-2-8)18-12(19)11-6-5-10(7-17-11)20-13(15)16/h1-3,5-7,13H,4H2,(H,18,19). The number of nitrogens with zero attached hydrogens (tertiary/aromatic N) is 1. The minimum atomic E-state index is -2.94. The molecule has 0 atom stereocenters. The fraction of sp³-hybridized carbons (Fsp3) is 0.154. The van der Waals surface area contributed by atoms with Gasteiger partial charge in [0.15, 0.2) is 0 Å². The van der Waals surface area contributed by atoms with Crippen molar-refractivity contribution in [3.8, 4) is 5.75 Å². The number of halogens is 3. The van der Waals surface area contributed by atoms with Gasteiger partial charge < -0.3 is 10.1 Å². The quantitative estimate of drug-likeness (QED) is 0.924. The average molecular weight is 283 g/mol. The summed E-state index contributed by atoms with van der Waals surface area (Å²) in [5, 5.41) is 2.54. The normalized spacial score (nSPS) is 14.6. The smallest absolute Gasteiger partial charge is 0.387 e. The van der Waals surface area contributed by atoms with Crippen LogP contribution in [0, 0.1) is 6.42 Å². The van der Waals surface area contributed by atoms with Crippen LogP contribution >= 0.6 is 0 Å². The third kappa shape index (κ3) is 3.84. The molecule has 0 aromatic carbocycles. The minimum Gasteiger partial charge on any atom is -0.433 e. The highest BCUT2D eigenvalue weighted by atomic mass is 19.3. The molecule has 1 radical (unpaired) electrons. The van der Waals surface area contributed by atoms with Crippen molar-refractivity contribution < 1.29 is 22.7 Å². The van der Waals surface area contributed by atoms with E-state index in [2.05, 4.69) is 15.0 Å². The summed E-state index contributed by atoms with van der Waals surface area (Å²) >= 11 is 0. The molecule has 1 amide bonds. The van der Waals surface area contributed by atoms with Crippen molar-refractivity contribution in [3.05, 3.63) is 54.1 Å². The van der Waals surface area contributed by atoms with E-state index >= 15 is 0 Å². The summed E-state index contributed by atoms with van der Waals surface area (Å²) in [6.45, 7) is -2.94.